The average Bonchev–Trinajstić information content (AvgIpc) is 2.18. The first kappa shape index (κ1) is 13.3. The molecule has 1 N–H and O–H groups in total. The Morgan fingerprint density at radius 1 is 1.41 bits per heavy atom. The second-order valence-corrected chi connectivity index (χ2v) is 3.07. The number of alkyl halides is 3. The maximum atomic E-state index is 13.3. The van der Waals surface area contributed by atoms with Gasteiger partial charge in [-0.05, 0) is 19.1 Å². The van der Waals surface area contributed by atoms with Crippen LogP contribution < -0.4 is 4.74 Å². The van der Waals surface area contributed by atoms with E-state index in [2.05, 4.69) is 0 Å². The molecule has 0 aliphatic rings. The first-order chi connectivity index (χ1) is 7.77. The monoisotopic (exact) mass is 252 g/mol. The predicted octanol–water partition coefficient (Wildman–Crippen LogP) is 2.94. The van der Waals surface area contributed by atoms with Crippen LogP contribution in [0.5, 0.6) is 5.75 Å². The maximum absolute atomic E-state index is 13.3. The van der Waals surface area contributed by atoms with E-state index < -0.39 is 29.1 Å². The molecular formula is C10H8F4O3. The van der Waals surface area contributed by atoms with Crippen molar-refractivity contribution < 1.29 is 32.2 Å². The predicted molar refractivity (Wildman–Crippen MR) is 49.5 cm³/mol. The number of rotatable bonds is 3. The zero-order valence-electron chi connectivity index (χ0n) is 8.64. The molecule has 0 heterocycles. The lowest BCUT2D eigenvalue weighted by Crippen LogP contribution is -2.13. The van der Waals surface area contributed by atoms with E-state index in [9.17, 15) is 22.4 Å². The number of carboxylic acid groups (broad SMARTS) is 1. The molecule has 0 unspecified atom stereocenters. The lowest BCUT2D eigenvalue weighted by Gasteiger charge is -2.12. The summed E-state index contributed by atoms with van der Waals surface area (Å²) in [6.07, 6.45) is -4.97. The molecule has 0 amide bonds. The third-order valence-corrected chi connectivity index (χ3v) is 1.89. The van der Waals surface area contributed by atoms with Crippen LogP contribution in [0.2, 0.25) is 0 Å². The van der Waals surface area contributed by atoms with Gasteiger partial charge in [0.05, 0.1) is 17.7 Å². The summed E-state index contributed by atoms with van der Waals surface area (Å²) in [5.74, 6) is -3.93. The fourth-order valence-corrected chi connectivity index (χ4v) is 1.21. The summed E-state index contributed by atoms with van der Waals surface area (Å²) in [4.78, 5) is 10.6. The van der Waals surface area contributed by atoms with Crippen LogP contribution in [0.15, 0.2) is 12.1 Å². The third kappa shape index (κ3) is 2.86. The minimum absolute atomic E-state index is 0.0436. The van der Waals surface area contributed by atoms with E-state index in [0.29, 0.717) is 6.07 Å². The molecule has 0 aliphatic carbocycles. The number of benzene rings is 1. The topological polar surface area (TPSA) is 46.5 Å². The van der Waals surface area contributed by atoms with Gasteiger partial charge in [-0.25, -0.2) is 9.18 Å². The van der Waals surface area contributed by atoms with Crippen molar-refractivity contribution in [3.63, 3.8) is 0 Å². The van der Waals surface area contributed by atoms with Crippen molar-refractivity contribution >= 4 is 5.97 Å². The number of hydrogen-bond donors (Lipinski definition) is 1. The van der Waals surface area contributed by atoms with Crippen LogP contribution >= 0.6 is 0 Å². The van der Waals surface area contributed by atoms with Crippen LogP contribution in [-0.4, -0.2) is 17.7 Å². The van der Waals surface area contributed by atoms with Crippen LogP contribution in [0.4, 0.5) is 17.6 Å². The molecule has 1 rings (SSSR count). The van der Waals surface area contributed by atoms with Crippen molar-refractivity contribution in [2.45, 2.75) is 13.1 Å². The highest BCUT2D eigenvalue weighted by molar-refractivity contribution is 5.88. The summed E-state index contributed by atoms with van der Waals surface area (Å²) in [6, 6.07) is 1.15. The normalized spacial score (nSPS) is 11.4. The van der Waals surface area contributed by atoms with Crippen molar-refractivity contribution in [2.75, 3.05) is 6.61 Å². The van der Waals surface area contributed by atoms with Gasteiger partial charge >= 0.3 is 12.1 Å². The second-order valence-electron chi connectivity index (χ2n) is 3.07. The highest BCUT2D eigenvalue weighted by atomic mass is 19.4. The average molecular weight is 252 g/mol. The Bertz CT molecular complexity index is 440. The zero-order chi connectivity index (χ0) is 13.2. The van der Waals surface area contributed by atoms with Crippen LogP contribution in [0.3, 0.4) is 0 Å². The molecule has 0 radical (unpaired) electrons. The van der Waals surface area contributed by atoms with E-state index in [1.54, 1.807) is 0 Å². The molecule has 7 heteroatoms. The van der Waals surface area contributed by atoms with E-state index in [4.69, 9.17) is 9.84 Å². The molecule has 0 spiro atoms. The molecule has 0 atom stereocenters. The summed E-state index contributed by atoms with van der Waals surface area (Å²) < 4.78 is 55.3. The molecule has 0 aromatic heterocycles. The first-order valence-corrected chi connectivity index (χ1v) is 4.54. The Balaban J connectivity index is 3.43. The molecule has 0 bridgehead atoms. The molecular weight excluding hydrogens is 244 g/mol. The largest absolute Gasteiger partial charge is 0.494 e. The van der Waals surface area contributed by atoms with Crippen LogP contribution in [-0.2, 0) is 6.18 Å². The Labute approximate surface area is 93.6 Å². The van der Waals surface area contributed by atoms with Gasteiger partial charge in [0.2, 0.25) is 0 Å². The number of hydrogen-bond acceptors (Lipinski definition) is 2. The van der Waals surface area contributed by atoms with Crippen LogP contribution in [0, 0.1) is 5.82 Å². The van der Waals surface area contributed by atoms with Crippen molar-refractivity contribution in [3.05, 3.63) is 29.1 Å². The first-order valence-electron chi connectivity index (χ1n) is 4.54. The highest BCUT2D eigenvalue weighted by Gasteiger charge is 2.36. The van der Waals surface area contributed by atoms with Gasteiger partial charge in [0, 0.05) is 0 Å². The highest BCUT2D eigenvalue weighted by Crippen LogP contribution is 2.35. The summed E-state index contributed by atoms with van der Waals surface area (Å²) in [7, 11) is 0. The number of halogens is 4. The Hall–Kier alpha value is -1.79. The zero-order valence-corrected chi connectivity index (χ0v) is 8.64. The smallest absolute Gasteiger partial charge is 0.419 e. The second kappa shape index (κ2) is 4.60. The van der Waals surface area contributed by atoms with Crippen LogP contribution in [0.25, 0.3) is 0 Å². The third-order valence-electron chi connectivity index (χ3n) is 1.89. The molecule has 3 nitrogen and oxygen atoms in total. The molecule has 0 saturated heterocycles. The minimum atomic E-state index is -4.97. The van der Waals surface area contributed by atoms with Gasteiger partial charge < -0.3 is 9.84 Å². The van der Waals surface area contributed by atoms with E-state index in [-0.39, 0.29) is 12.4 Å². The van der Waals surface area contributed by atoms with E-state index in [1.165, 1.54) is 6.92 Å². The number of ether oxygens (including phenoxy) is 1. The lowest BCUT2D eigenvalue weighted by atomic mass is 10.1. The lowest BCUT2D eigenvalue weighted by molar-refractivity contribution is -0.140. The van der Waals surface area contributed by atoms with Gasteiger partial charge in [0.25, 0.3) is 0 Å². The van der Waals surface area contributed by atoms with Gasteiger partial charge in [-0.15, -0.1) is 0 Å². The summed E-state index contributed by atoms with van der Waals surface area (Å²) in [5.41, 5.74) is -2.72. The van der Waals surface area contributed by atoms with E-state index >= 15 is 0 Å². The molecule has 0 fully saturated rings. The summed E-state index contributed by atoms with van der Waals surface area (Å²) in [5, 5.41) is 8.59. The molecule has 17 heavy (non-hydrogen) atoms. The fraction of sp³-hybridized carbons (Fsp3) is 0.300. The number of aromatic carboxylic acids is 1. The standard InChI is InChI=1S/C10H8F4O3/c1-2-17-5-3-6(9(15)16)8(11)7(4-5)10(12,13)14/h3-4H,2H2,1H3,(H,15,16). The molecule has 0 saturated carbocycles. The van der Waals surface area contributed by atoms with Crippen molar-refractivity contribution in [3.8, 4) is 5.75 Å². The number of carbonyl (C=O) groups is 1. The van der Waals surface area contributed by atoms with Crippen molar-refractivity contribution in [1.29, 1.82) is 0 Å². The van der Waals surface area contributed by atoms with Gasteiger partial charge in [-0.2, -0.15) is 13.2 Å². The quantitative estimate of drug-likeness (QED) is 0.841. The fourth-order valence-electron chi connectivity index (χ4n) is 1.21. The summed E-state index contributed by atoms with van der Waals surface area (Å²) >= 11 is 0. The van der Waals surface area contributed by atoms with Crippen molar-refractivity contribution in [1.82, 2.24) is 0 Å². The maximum Gasteiger partial charge on any atom is 0.419 e. The van der Waals surface area contributed by atoms with Gasteiger partial charge in [0.1, 0.15) is 11.6 Å². The molecule has 94 valence electrons. The SMILES string of the molecule is CCOc1cc(C(=O)O)c(F)c(C(F)(F)F)c1. The molecule has 1 aromatic rings. The van der Waals surface area contributed by atoms with E-state index in [0.717, 1.165) is 6.07 Å². The van der Waals surface area contributed by atoms with Crippen LogP contribution in [0.1, 0.15) is 22.8 Å². The van der Waals surface area contributed by atoms with Crippen molar-refractivity contribution in [2.24, 2.45) is 0 Å². The summed E-state index contributed by atoms with van der Waals surface area (Å²) in [6.45, 7) is 1.55. The van der Waals surface area contributed by atoms with Gasteiger partial charge in [0.15, 0.2) is 0 Å². The minimum Gasteiger partial charge on any atom is -0.494 e. The molecule has 1 aromatic carbocycles. The van der Waals surface area contributed by atoms with Gasteiger partial charge in [-0.3, -0.25) is 0 Å². The Kier molecular flexibility index (Phi) is 3.59. The Morgan fingerprint density at radius 2 is 2.00 bits per heavy atom. The van der Waals surface area contributed by atoms with Gasteiger partial charge in [-0.1, -0.05) is 0 Å². The Morgan fingerprint density at radius 3 is 2.41 bits per heavy atom. The number of carboxylic acids is 1. The molecule has 0 aliphatic heterocycles. The van der Waals surface area contributed by atoms with E-state index in [1.807, 2.05) is 0 Å².